The number of hydrogen-bond acceptors (Lipinski definition) is 7. The largest absolute Gasteiger partial charge is 0.416 e. The summed E-state index contributed by atoms with van der Waals surface area (Å²) in [5.74, 6) is 5.49. The molecule has 0 saturated heterocycles. The highest BCUT2D eigenvalue weighted by molar-refractivity contribution is 6.34. The number of nitrogens with one attached hydrogen (secondary N) is 2. The standard InChI is InChI=1S/C23H20ClF3N6O3/c1-28-21(32-15-8-6-14(7-9-15)23(25,26)27)18-11-16(36-33-18)12-29-22(35)20-19(24)17(30-13-31-20)5-3-2-4-10-34/h6-9,11,13,34H,2,4,10,12H2,1H3,(H,28,32)(H,29,35). The molecule has 0 saturated carbocycles. The van der Waals surface area contributed by atoms with Gasteiger partial charge in [-0.2, -0.15) is 13.2 Å². The van der Waals surface area contributed by atoms with Crippen LogP contribution in [0.25, 0.3) is 0 Å². The van der Waals surface area contributed by atoms with Crippen LogP contribution in [0.4, 0.5) is 18.9 Å². The highest BCUT2D eigenvalue weighted by atomic mass is 35.5. The van der Waals surface area contributed by atoms with Gasteiger partial charge in [-0.25, -0.2) is 15.0 Å². The van der Waals surface area contributed by atoms with Crippen molar-refractivity contribution in [1.82, 2.24) is 25.8 Å². The van der Waals surface area contributed by atoms with Gasteiger partial charge in [0.05, 0.1) is 17.8 Å². The Balaban J connectivity index is 1.67. The molecule has 2 heterocycles. The molecule has 0 aliphatic heterocycles. The fraction of sp³-hybridized carbons (Fsp3) is 0.261. The first kappa shape index (κ1) is 26.7. The van der Waals surface area contributed by atoms with E-state index in [1.807, 2.05) is 0 Å². The summed E-state index contributed by atoms with van der Waals surface area (Å²) in [6, 6.07) is 5.84. The van der Waals surface area contributed by atoms with Crippen LogP contribution in [-0.4, -0.2) is 45.6 Å². The van der Waals surface area contributed by atoms with Gasteiger partial charge in [0.2, 0.25) is 0 Å². The maximum Gasteiger partial charge on any atom is 0.416 e. The first-order valence-corrected chi connectivity index (χ1v) is 10.9. The number of carbonyl (C=O) groups is 1. The van der Waals surface area contributed by atoms with Crippen molar-refractivity contribution in [2.75, 3.05) is 13.7 Å². The van der Waals surface area contributed by atoms with E-state index in [4.69, 9.17) is 21.2 Å². The number of nitrogens with zero attached hydrogens (tertiary/aromatic N) is 4. The van der Waals surface area contributed by atoms with Gasteiger partial charge >= 0.3 is 6.18 Å². The number of aliphatic hydroxyl groups excluding tert-OH is 1. The normalized spacial score (nSPS) is 11.6. The summed E-state index contributed by atoms with van der Waals surface area (Å²) in [4.78, 5) is 24.7. The van der Waals surface area contributed by atoms with E-state index in [1.165, 1.54) is 24.5 Å². The Morgan fingerprint density at radius 3 is 2.67 bits per heavy atom. The molecule has 0 aliphatic carbocycles. The minimum atomic E-state index is -4.44. The zero-order valence-electron chi connectivity index (χ0n) is 18.9. The van der Waals surface area contributed by atoms with Crippen LogP contribution >= 0.6 is 11.6 Å². The van der Waals surface area contributed by atoms with Gasteiger partial charge in [-0.05, 0) is 36.6 Å². The van der Waals surface area contributed by atoms with Gasteiger partial charge < -0.3 is 20.3 Å². The molecule has 188 valence electrons. The molecule has 0 radical (unpaired) electrons. The lowest BCUT2D eigenvalue weighted by molar-refractivity contribution is -0.137. The van der Waals surface area contributed by atoms with Crippen LogP contribution < -0.4 is 10.6 Å². The SMILES string of the molecule is CN/C(=N\c1ccc(C(F)(F)F)cc1)c1cc(CNC(=O)c2ncnc(C#CCCCO)c2Cl)on1. The smallest absolute Gasteiger partial charge is 0.396 e. The molecule has 3 aromatic rings. The number of alkyl halides is 3. The lowest BCUT2D eigenvalue weighted by Crippen LogP contribution is -2.24. The molecular formula is C23H20ClF3N6O3. The van der Waals surface area contributed by atoms with Crippen molar-refractivity contribution in [1.29, 1.82) is 0 Å². The third kappa shape index (κ3) is 7.03. The maximum atomic E-state index is 12.7. The number of halogens is 4. The Hall–Kier alpha value is -3.95. The number of aliphatic hydroxyl groups is 1. The Morgan fingerprint density at radius 2 is 2.00 bits per heavy atom. The van der Waals surface area contributed by atoms with Crippen LogP contribution in [0.15, 0.2) is 46.2 Å². The van der Waals surface area contributed by atoms with Crippen LogP contribution in [0.2, 0.25) is 5.02 Å². The zero-order valence-corrected chi connectivity index (χ0v) is 19.6. The molecule has 3 N–H and O–H groups in total. The van der Waals surface area contributed by atoms with Gasteiger partial charge in [0, 0.05) is 26.1 Å². The molecule has 0 aliphatic rings. The van der Waals surface area contributed by atoms with Crippen molar-refractivity contribution in [3.8, 4) is 11.8 Å². The number of amidine groups is 1. The van der Waals surface area contributed by atoms with Gasteiger partial charge in [0.1, 0.15) is 22.7 Å². The summed E-state index contributed by atoms with van der Waals surface area (Å²) in [6.07, 6.45) is -2.32. The van der Waals surface area contributed by atoms with Gasteiger partial charge in [-0.1, -0.05) is 22.7 Å². The van der Waals surface area contributed by atoms with E-state index in [9.17, 15) is 18.0 Å². The number of unbranched alkanes of at least 4 members (excludes halogenated alkanes) is 1. The predicted octanol–water partition coefficient (Wildman–Crippen LogP) is 3.49. The number of aliphatic imine (C=N–C) groups is 1. The molecule has 36 heavy (non-hydrogen) atoms. The lowest BCUT2D eigenvalue weighted by Gasteiger charge is -2.06. The van der Waals surface area contributed by atoms with Gasteiger partial charge in [0.15, 0.2) is 17.3 Å². The number of aromatic nitrogens is 3. The van der Waals surface area contributed by atoms with Crippen LogP contribution in [-0.2, 0) is 12.7 Å². The summed E-state index contributed by atoms with van der Waals surface area (Å²) in [7, 11) is 1.57. The predicted molar refractivity (Wildman–Crippen MR) is 125 cm³/mol. The van der Waals surface area contributed by atoms with Crippen molar-refractivity contribution >= 4 is 29.0 Å². The van der Waals surface area contributed by atoms with E-state index < -0.39 is 17.6 Å². The fourth-order valence-electron chi connectivity index (χ4n) is 2.78. The molecule has 1 amide bonds. The van der Waals surface area contributed by atoms with Crippen LogP contribution in [0.3, 0.4) is 0 Å². The molecule has 3 rings (SSSR count). The fourth-order valence-corrected chi connectivity index (χ4v) is 3.01. The summed E-state index contributed by atoms with van der Waals surface area (Å²) < 4.78 is 43.5. The minimum Gasteiger partial charge on any atom is -0.396 e. The Labute approximate surface area is 208 Å². The van der Waals surface area contributed by atoms with E-state index in [2.05, 4.69) is 42.6 Å². The van der Waals surface area contributed by atoms with Crippen LogP contribution in [0, 0.1) is 11.8 Å². The van der Waals surface area contributed by atoms with Crippen molar-refractivity contribution in [2.45, 2.75) is 25.6 Å². The van der Waals surface area contributed by atoms with E-state index in [0.717, 1.165) is 12.1 Å². The molecule has 0 unspecified atom stereocenters. The van der Waals surface area contributed by atoms with E-state index in [1.54, 1.807) is 7.05 Å². The molecule has 9 nitrogen and oxygen atoms in total. The van der Waals surface area contributed by atoms with Gasteiger partial charge in [-0.3, -0.25) is 4.79 Å². The lowest BCUT2D eigenvalue weighted by atomic mass is 10.2. The molecule has 0 fully saturated rings. The summed E-state index contributed by atoms with van der Waals surface area (Å²) in [5.41, 5.74) is -0.106. The number of hydrogen-bond donors (Lipinski definition) is 3. The molecule has 2 aromatic heterocycles. The molecule has 0 bridgehead atoms. The first-order valence-electron chi connectivity index (χ1n) is 10.5. The summed E-state index contributed by atoms with van der Waals surface area (Å²) >= 11 is 6.21. The van der Waals surface area contributed by atoms with Crippen LogP contribution in [0.5, 0.6) is 0 Å². The highest BCUT2D eigenvalue weighted by Crippen LogP contribution is 2.30. The average molecular weight is 521 g/mol. The quantitative estimate of drug-likeness (QED) is 0.188. The summed E-state index contributed by atoms with van der Waals surface area (Å²) in [6.45, 7) is -0.0408. The minimum absolute atomic E-state index is 0.00842. The molecular weight excluding hydrogens is 501 g/mol. The van der Waals surface area contributed by atoms with Crippen molar-refractivity contribution in [2.24, 2.45) is 4.99 Å². The van der Waals surface area contributed by atoms with Crippen molar-refractivity contribution in [3.63, 3.8) is 0 Å². The second kappa shape index (κ2) is 12.1. The monoisotopic (exact) mass is 520 g/mol. The topological polar surface area (TPSA) is 126 Å². The Kier molecular flexibility index (Phi) is 8.99. The number of amides is 1. The molecule has 0 spiro atoms. The van der Waals surface area contributed by atoms with E-state index in [-0.39, 0.29) is 52.5 Å². The van der Waals surface area contributed by atoms with Gasteiger partial charge in [-0.15, -0.1) is 0 Å². The number of rotatable bonds is 7. The van der Waals surface area contributed by atoms with Crippen molar-refractivity contribution in [3.05, 3.63) is 70.1 Å². The number of carbonyl (C=O) groups excluding carboxylic acids is 1. The Morgan fingerprint density at radius 1 is 1.25 bits per heavy atom. The molecule has 0 atom stereocenters. The van der Waals surface area contributed by atoms with E-state index in [0.29, 0.717) is 12.8 Å². The van der Waals surface area contributed by atoms with Crippen molar-refractivity contribution < 1.29 is 27.6 Å². The molecule has 1 aromatic carbocycles. The maximum absolute atomic E-state index is 12.7. The third-order valence-electron chi connectivity index (χ3n) is 4.57. The third-order valence-corrected chi connectivity index (χ3v) is 4.93. The Bertz CT molecular complexity index is 1300. The van der Waals surface area contributed by atoms with E-state index >= 15 is 0 Å². The zero-order chi connectivity index (χ0) is 26.1. The average Bonchev–Trinajstić information content (AvgIpc) is 3.33. The molecule has 13 heteroatoms. The second-order valence-electron chi connectivity index (χ2n) is 7.13. The highest BCUT2D eigenvalue weighted by Gasteiger charge is 2.30. The first-order chi connectivity index (χ1) is 17.2. The summed E-state index contributed by atoms with van der Waals surface area (Å²) in [5, 5.41) is 18.1. The second-order valence-corrected chi connectivity index (χ2v) is 7.51. The number of benzene rings is 1. The van der Waals surface area contributed by atoms with Crippen LogP contribution in [0.1, 0.15) is 46.0 Å². The van der Waals surface area contributed by atoms with Gasteiger partial charge in [0.25, 0.3) is 5.91 Å².